The third kappa shape index (κ3) is 2.10. The Balaban J connectivity index is 2.44. The predicted octanol–water partition coefficient (Wildman–Crippen LogP) is 1.89. The number of nitrogens with zero attached hydrogens (tertiary/aromatic N) is 2. The molecule has 0 bridgehead atoms. The van der Waals surface area contributed by atoms with Crippen molar-refractivity contribution in [3.05, 3.63) is 50.7 Å². The van der Waals surface area contributed by atoms with Gasteiger partial charge in [0.15, 0.2) is 0 Å². The van der Waals surface area contributed by atoms with E-state index in [0.717, 1.165) is 0 Å². The van der Waals surface area contributed by atoms with E-state index in [1.54, 1.807) is 31.2 Å². The van der Waals surface area contributed by atoms with Gasteiger partial charge in [0.05, 0.1) is 17.1 Å². The molecule has 0 spiro atoms. The summed E-state index contributed by atoms with van der Waals surface area (Å²) < 4.78 is 0. The van der Waals surface area contributed by atoms with E-state index in [9.17, 15) is 15.3 Å². The minimum Gasteiger partial charge on any atom is -0.398 e. The highest BCUT2D eigenvalue weighted by molar-refractivity contribution is 6.00. The topological polar surface area (TPSA) is 78.4 Å². The predicted molar refractivity (Wildman–Crippen MR) is 61.3 cm³/mol. The van der Waals surface area contributed by atoms with Gasteiger partial charge in [-0.3, -0.25) is 15.3 Å². The Hall–Kier alpha value is -2.37. The normalized spacial score (nSPS) is 17.4. The summed E-state index contributed by atoms with van der Waals surface area (Å²) in [5.41, 5.74) is 1.54. The van der Waals surface area contributed by atoms with Crippen LogP contribution in [0.3, 0.4) is 0 Å². The number of rotatable bonds is 2. The molecule has 0 fully saturated rings. The molecule has 0 atom stereocenters. The van der Waals surface area contributed by atoms with E-state index in [2.05, 4.69) is 0 Å². The highest BCUT2D eigenvalue weighted by atomic mass is 16.9. The summed E-state index contributed by atoms with van der Waals surface area (Å²) in [5, 5.41) is 21.9. The van der Waals surface area contributed by atoms with Gasteiger partial charge in [0.25, 0.3) is 5.69 Å². The smallest absolute Gasteiger partial charge is 0.276 e. The molecule has 88 valence electrons. The van der Waals surface area contributed by atoms with Crippen molar-refractivity contribution in [1.29, 1.82) is 0 Å². The van der Waals surface area contributed by atoms with Crippen LogP contribution in [0.15, 0.2) is 29.8 Å². The first-order valence-electron chi connectivity index (χ1n) is 4.97. The van der Waals surface area contributed by atoms with Crippen molar-refractivity contribution in [2.24, 2.45) is 0 Å². The molecule has 1 heterocycles. The van der Waals surface area contributed by atoms with E-state index in [0.29, 0.717) is 21.8 Å². The van der Waals surface area contributed by atoms with Gasteiger partial charge in [-0.2, -0.15) is 0 Å². The van der Waals surface area contributed by atoms with Crippen LogP contribution in [0.5, 0.6) is 0 Å². The third-order valence-corrected chi connectivity index (χ3v) is 2.54. The average molecular weight is 234 g/mol. The van der Waals surface area contributed by atoms with Gasteiger partial charge in [-0.05, 0) is 12.1 Å². The number of para-hydroxylation sites is 1. The van der Waals surface area contributed by atoms with Gasteiger partial charge in [0.2, 0.25) is 5.71 Å². The number of nitro benzene ring substituents is 1. The Labute approximate surface area is 97.1 Å². The lowest BCUT2D eigenvalue weighted by Gasteiger charge is -1.97. The van der Waals surface area contributed by atoms with E-state index >= 15 is 0 Å². The van der Waals surface area contributed by atoms with Gasteiger partial charge in [-0.25, -0.2) is 0 Å². The fourth-order valence-electron chi connectivity index (χ4n) is 1.56. The maximum Gasteiger partial charge on any atom is 0.276 e. The molecule has 6 heteroatoms. The molecule has 1 aromatic rings. The van der Waals surface area contributed by atoms with Gasteiger partial charge in [0, 0.05) is 23.5 Å². The summed E-state index contributed by atoms with van der Waals surface area (Å²) in [6.45, 7) is 1.75. The van der Waals surface area contributed by atoms with Crippen LogP contribution >= 0.6 is 0 Å². The van der Waals surface area contributed by atoms with Crippen molar-refractivity contribution < 1.29 is 14.7 Å². The zero-order chi connectivity index (χ0) is 12.4. The molecule has 0 unspecified atom stereocenters. The van der Waals surface area contributed by atoms with Gasteiger partial charge >= 0.3 is 0 Å². The molecule has 0 radical (unpaired) electrons. The van der Waals surface area contributed by atoms with Crippen LogP contribution in [0, 0.1) is 15.3 Å². The van der Waals surface area contributed by atoms with E-state index < -0.39 is 4.92 Å². The number of hydrogen-bond acceptors (Lipinski definition) is 4. The first-order valence-corrected chi connectivity index (χ1v) is 4.97. The minimum absolute atomic E-state index is 0.0112. The Morgan fingerprint density at radius 2 is 2.18 bits per heavy atom. The first kappa shape index (κ1) is 11.1. The Bertz CT molecular complexity index is 534. The van der Waals surface area contributed by atoms with Crippen molar-refractivity contribution in [1.82, 2.24) is 0 Å². The molecule has 0 N–H and O–H groups in total. The highest BCUT2D eigenvalue weighted by Crippen LogP contribution is 2.22. The maximum absolute atomic E-state index is 11.1. The second-order valence-corrected chi connectivity index (χ2v) is 3.60. The molecule has 0 aliphatic carbocycles. The monoisotopic (exact) mass is 234 g/mol. The second kappa shape index (κ2) is 4.25. The van der Waals surface area contributed by atoms with Gasteiger partial charge < -0.3 is 4.84 Å². The fraction of sp³-hybridized carbons (Fsp3) is 0.182. The van der Waals surface area contributed by atoms with Crippen molar-refractivity contribution >= 4 is 17.5 Å². The summed E-state index contributed by atoms with van der Waals surface area (Å²) in [4.78, 5) is 15.5. The molecule has 0 saturated carbocycles. The fourth-order valence-corrected chi connectivity index (χ4v) is 1.56. The number of hydrogen-bond donors (Lipinski definition) is 0. The van der Waals surface area contributed by atoms with Crippen LogP contribution in [0.4, 0.5) is 5.69 Å². The summed E-state index contributed by atoms with van der Waals surface area (Å²) in [7, 11) is 0. The SMILES string of the molecule is CC1=[N+]([O-])OC/C1=C\c1ccccc1[N+](=O)[O-]. The molecule has 1 aliphatic rings. The highest BCUT2D eigenvalue weighted by Gasteiger charge is 2.21. The van der Waals surface area contributed by atoms with Crippen LogP contribution in [-0.4, -0.2) is 22.1 Å². The Morgan fingerprint density at radius 3 is 2.76 bits per heavy atom. The summed E-state index contributed by atoms with van der Waals surface area (Å²) >= 11 is 0. The standard InChI is InChI=1S/C11H10N2O4/c1-8-10(7-17-13(8)16)6-9-4-2-3-5-11(9)12(14)15/h2-6H,7H2,1H3/b10-6+. The Morgan fingerprint density at radius 1 is 1.47 bits per heavy atom. The summed E-state index contributed by atoms with van der Waals surface area (Å²) in [6.07, 6.45) is 1.60. The van der Waals surface area contributed by atoms with Crippen LogP contribution in [0.2, 0.25) is 0 Å². The quantitative estimate of drug-likeness (QED) is 0.444. The molecule has 17 heavy (non-hydrogen) atoms. The molecular formula is C11H10N2O4. The van der Waals surface area contributed by atoms with Crippen LogP contribution in [-0.2, 0) is 4.84 Å². The number of nitro groups is 1. The van der Waals surface area contributed by atoms with E-state index in [1.165, 1.54) is 6.07 Å². The maximum atomic E-state index is 11.1. The molecule has 0 amide bonds. The molecule has 1 aliphatic heterocycles. The van der Waals surface area contributed by atoms with Crippen LogP contribution in [0.25, 0.3) is 6.08 Å². The van der Waals surface area contributed by atoms with Gasteiger partial charge in [0.1, 0.15) is 0 Å². The van der Waals surface area contributed by atoms with Gasteiger partial charge in [-0.15, -0.1) is 0 Å². The van der Waals surface area contributed by atoms with Crippen molar-refractivity contribution in [3.8, 4) is 0 Å². The van der Waals surface area contributed by atoms with E-state index in [-0.39, 0.29) is 12.3 Å². The van der Waals surface area contributed by atoms with Crippen LogP contribution < -0.4 is 0 Å². The largest absolute Gasteiger partial charge is 0.398 e. The van der Waals surface area contributed by atoms with E-state index in [4.69, 9.17) is 4.84 Å². The molecule has 2 rings (SSSR count). The first-order chi connectivity index (χ1) is 8.09. The second-order valence-electron chi connectivity index (χ2n) is 3.60. The average Bonchev–Trinajstić information content (AvgIpc) is 2.61. The van der Waals surface area contributed by atoms with Gasteiger partial charge in [-0.1, -0.05) is 12.1 Å². The minimum atomic E-state index is -0.452. The molecule has 6 nitrogen and oxygen atoms in total. The molecule has 1 aromatic carbocycles. The zero-order valence-corrected chi connectivity index (χ0v) is 9.12. The molecule has 0 aromatic heterocycles. The van der Waals surface area contributed by atoms with Crippen molar-refractivity contribution in [2.75, 3.05) is 6.61 Å². The van der Waals surface area contributed by atoms with Crippen molar-refractivity contribution in [3.63, 3.8) is 0 Å². The molecule has 0 saturated heterocycles. The lowest BCUT2D eigenvalue weighted by Crippen LogP contribution is -2.02. The third-order valence-electron chi connectivity index (χ3n) is 2.54. The van der Waals surface area contributed by atoms with Crippen LogP contribution in [0.1, 0.15) is 12.5 Å². The lowest BCUT2D eigenvalue weighted by atomic mass is 10.1. The molecular weight excluding hydrogens is 224 g/mol. The van der Waals surface area contributed by atoms with Crippen molar-refractivity contribution in [2.45, 2.75) is 6.92 Å². The zero-order valence-electron chi connectivity index (χ0n) is 9.12. The Kier molecular flexibility index (Phi) is 2.78. The van der Waals surface area contributed by atoms with E-state index in [1.807, 2.05) is 0 Å². The number of benzene rings is 1. The lowest BCUT2D eigenvalue weighted by molar-refractivity contribution is -0.730. The summed E-state index contributed by atoms with van der Waals surface area (Å²) in [5.74, 6) is 0. The summed E-state index contributed by atoms with van der Waals surface area (Å²) in [6, 6.07) is 6.36.